The lowest BCUT2D eigenvalue weighted by Gasteiger charge is -2.30. The van der Waals surface area contributed by atoms with Crippen LogP contribution in [0.5, 0.6) is 0 Å². The van der Waals surface area contributed by atoms with E-state index in [0.717, 1.165) is 30.2 Å². The van der Waals surface area contributed by atoms with Gasteiger partial charge in [-0.2, -0.15) is 16.1 Å². The maximum Gasteiger partial charge on any atom is 0.216 e. The van der Waals surface area contributed by atoms with Crippen molar-refractivity contribution < 1.29 is 8.42 Å². The summed E-state index contributed by atoms with van der Waals surface area (Å²) in [5, 5.41) is 8.97. The number of thioether (sulfide) groups is 1. The topological polar surface area (TPSA) is 71.3 Å². The second kappa shape index (κ2) is 8.08. The van der Waals surface area contributed by atoms with E-state index in [1.807, 2.05) is 36.0 Å². The van der Waals surface area contributed by atoms with Crippen LogP contribution in [0.3, 0.4) is 0 Å². The minimum absolute atomic E-state index is 0.0809. The number of benzene rings is 1. The van der Waals surface area contributed by atoms with Crippen molar-refractivity contribution in [1.82, 2.24) is 24.2 Å². The smallest absolute Gasteiger partial charge is 0.216 e. The van der Waals surface area contributed by atoms with Crippen LogP contribution in [0.15, 0.2) is 30.5 Å². The van der Waals surface area contributed by atoms with Crippen molar-refractivity contribution in [1.29, 1.82) is 0 Å². The van der Waals surface area contributed by atoms with E-state index in [4.69, 9.17) is 11.6 Å². The molecule has 1 atom stereocenters. The molecule has 0 amide bonds. The van der Waals surface area contributed by atoms with Gasteiger partial charge in [-0.3, -0.25) is 4.90 Å². The molecule has 0 aliphatic carbocycles. The molecule has 146 valence electrons. The monoisotopic (exact) mass is 427 g/mol. The normalized spacial score (nSPS) is 23.7. The van der Waals surface area contributed by atoms with Crippen LogP contribution in [0.1, 0.15) is 11.3 Å². The van der Waals surface area contributed by atoms with E-state index in [1.54, 1.807) is 15.2 Å². The molecule has 0 spiro atoms. The van der Waals surface area contributed by atoms with Crippen molar-refractivity contribution >= 4 is 33.4 Å². The lowest BCUT2D eigenvalue weighted by atomic mass is 10.2. The summed E-state index contributed by atoms with van der Waals surface area (Å²) < 4.78 is 28.4. The van der Waals surface area contributed by atoms with E-state index in [0.29, 0.717) is 23.8 Å². The van der Waals surface area contributed by atoms with Crippen molar-refractivity contribution in [3.8, 4) is 0 Å². The number of nitrogens with zero attached hydrogens (tertiary/aromatic N) is 5. The molecule has 2 fully saturated rings. The number of rotatable bonds is 5. The van der Waals surface area contributed by atoms with Crippen molar-refractivity contribution in [3.63, 3.8) is 0 Å². The Labute approximate surface area is 168 Å². The summed E-state index contributed by atoms with van der Waals surface area (Å²) in [5.74, 6) is 2.36. The molecule has 27 heavy (non-hydrogen) atoms. The Morgan fingerprint density at radius 1 is 1.22 bits per heavy atom. The van der Waals surface area contributed by atoms with Crippen LogP contribution < -0.4 is 0 Å². The van der Waals surface area contributed by atoms with Crippen LogP contribution in [-0.2, 0) is 23.1 Å². The highest BCUT2D eigenvalue weighted by Gasteiger charge is 2.39. The molecule has 0 bridgehead atoms. The molecule has 1 unspecified atom stereocenters. The molecule has 7 nitrogen and oxygen atoms in total. The molecule has 4 rings (SSSR count). The van der Waals surface area contributed by atoms with Crippen LogP contribution >= 0.6 is 23.4 Å². The second-order valence-corrected chi connectivity index (χ2v) is 10.6. The zero-order valence-electron chi connectivity index (χ0n) is 14.9. The quantitative estimate of drug-likeness (QED) is 0.720. The van der Waals surface area contributed by atoms with E-state index in [1.165, 1.54) is 0 Å². The van der Waals surface area contributed by atoms with Crippen molar-refractivity contribution in [2.45, 2.75) is 19.1 Å². The average Bonchev–Trinajstić information content (AvgIpc) is 3.20. The van der Waals surface area contributed by atoms with Gasteiger partial charge in [-0.1, -0.05) is 28.9 Å². The summed E-state index contributed by atoms with van der Waals surface area (Å²) in [6, 6.07) is 7.66. The maximum atomic E-state index is 12.6. The van der Waals surface area contributed by atoms with Crippen molar-refractivity contribution in [2.24, 2.45) is 0 Å². The Morgan fingerprint density at radius 2 is 2.04 bits per heavy atom. The molecule has 1 aromatic carbocycles. The van der Waals surface area contributed by atoms with Gasteiger partial charge in [0.15, 0.2) is 0 Å². The van der Waals surface area contributed by atoms with Gasteiger partial charge in [-0.25, -0.2) is 13.1 Å². The summed E-state index contributed by atoms with van der Waals surface area (Å²) in [7, 11) is -3.25. The number of aromatic nitrogens is 3. The fourth-order valence-corrected chi connectivity index (χ4v) is 6.45. The third kappa shape index (κ3) is 4.65. The number of hydrogen-bond donors (Lipinski definition) is 0. The summed E-state index contributed by atoms with van der Waals surface area (Å²) in [6.45, 7) is 3.29. The fraction of sp³-hybridized carbons (Fsp3) is 0.529. The third-order valence-electron chi connectivity index (χ3n) is 4.93. The van der Waals surface area contributed by atoms with Crippen LogP contribution in [0.2, 0.25) is 5.02 Å². The molecule has 0 radical (unpaired) electrons. The number of hydrogen-bond acceptors (Lipinski definition) is 6. The minimum atomic E-state index is -3.25. The molecule has 0 saturated carbocycles. The highest BCUT2D eigenvalue weighted by Crippen LogP contribution is 2.23. The molecule has 3 heterocycles. The van der Waals surface area contributed by atoms with E-state index < -0.39 is 10.0 Å². The van der Waals surface area contributed by atoms with E-state index in [2.05, 4.69) is 15.2 Å². The van der Waals surface area contributed by atoms with Gasteiger partial charge in [-0.15, -0.1) is 5.10 Å². The molecule has 2 aliphatic heterocycles. The maximum absolute atomic E-state index is 12.6. The summed E-state index contributed by atoms with van der Waals surface area (Å²) in [5.41, 5.74) is 1.69. The van der Waals surface area contributed by atoms with Gasteiger partial charge in [0, 0.05) is 42.2 Å². The Balaban J connectivity index is 1.40. The first-order valence-electron chi connectivity index (χ1n) is 8.93. The first-order valence-corrected chi connectivity index (χ1v) is 12.1. The van der Waals surface area contributed by atoms with Gasteiger partial charge < -0.3 is 0 Å². The first kappa shape index (κ1) is 19.2. The van der Waals surface area contributed by atoms with Crippen molar-refractivity contribution in [2.75, 3.05) is 36.9 Å². The molecule has 1 aromatic heterocycles. The molecule has 2 aliphatic rings. The Morgan fingerprint density at radius 3 is 2.81 bits per heavy atom. The molecule has 2 aromatic rings. The average molecular weight is 428 g/mol. The highest BCUT2D eigenvalue weighted by atomic mass is 35.5. The minimum Gasteiger partial charge on any atom is -0.296 e. The van der Waals surface area contributed by atoms with Crippen molar-refractivity contribution in [3.05, 3.63) is 46.7 Å². The number of halogens is 1. The lowest BCUT2D eigenvalue weighted by molar-refractivity contribution is 0.217. The largest absolute Gasteiger partial charge is 0.296 e. The summed E-state index contributed by atoms with van der Waals surface area (Å²) in [6.07, 6.45) is 1.81. The van der Waals surface area contributed by atoms with Gasteiger partial charge in [-0.05, 0) is 17.7 Å². The van der Waals surface area contributed by atoms with Gasteiger partial charge in [0.25, 0.3) is 0 Å². The van der Waals surface area contributed by atoms with Crippen LogP contribution in [-0.4, -0.2) is 75.6 Å². The second-order valence-electron chi connectivity index (χ2n) is 6.91. The number of sulfonamides is 1. The molecule has 10 heteroatoms. The Hall–Kier alpha value is -1.13. The van der Waals surface area contributed by atoms with Crippen LogP contribution in [0.25, 0.3) is 0 Å². The van der Waals surface area contributed by atoms with Gasteiger partial charge >= 0.3 is 0 Å². The standard InChI is InChI=1S/C17H22ClN5O2S2/c18-15-3-1-2-14(8-15)9-22-10-16(19-20-22)11-23-12-17(13-27(23,24)25)21-4-6-26-7-5-21/h1-3,8,10,17H,4-7,9,11-13H2. The lowest BCUT2D eigenvalue weighted by Crippen LogP contribution is -2.43. The van der Waals surface area contributed by atoms with Gasteiger partial charge in [0.2, 0.25) is 10.0 Å². The predicted molar refractivity (Wildman–Crippen MR) is 107 cm³/mol. The molecule has 0 N–H and O–H groups in total. The molecule has 2 saturated heterocycles. The summed E-state index contributed by atoms with van der Waals surface area (Å²) >= 11 is 7.95. The van der Waals surface area contributed by atoms with E-state index >= 15 is 0 Å². The summed E-state index contributed by atoms with van der Waals surface area (Å²) in [4.78, 5) is 2.31. The highest BCUT2D eigenvalue weighted by molar-refractivity contribution is 7.99. The van der Waals surface area contributed by atoms with Gasteiger partial charge in [0.1, 0.15) is 0 Å². The fourth-order valence-electron chi connectivity index (χ4n) is 3.57. The first-order chi connectivity index (χ1) is 13.0. The predicted octanol–water partition coefficient (Wildman–Crippen LogP) is 1.54. The van der Waals surface area contributed by atoms with E-state index in [9.17, 15) is 8.42 Å². The SMILES string of the molecule is O=S1(=O)CC(N2CCSCC2)CN1Cc1cn(Cc2cccc(Cl)c2)nn1. The van der Waals surface area contributed by atoms with Gasteiger partial charge in [0.05, 0.1) is 30.7 Å². The van der Waals surface area contributed by atoms with Crippen LogP contribution in [0, 0.1) is 0 Å². The Bertz CT molecular complexity index is 898. The molecular formula is C17H22ClN5O2S2. The van der Waals surface area contributed by atoms with E-state index in [-0.39, 0.29) is 18.3 Å². The Kier molecular flexibility index (Phi) is 5.75. The van der Waals surface area contributed by atoms with Crippen LogP contribution in [0.4, 0.5) is 0 Å². The zero-order valence-corrected chi connectivity index (χ0v) is 17.3. The zero-order chi connectivity index (χ0) is 18.9. The third-order valence-corrected chi connectivity index (χ3v) is 7.98. The molecular weight excluding hydrogens is 406 g/mol.